The van der Waals surface area contributed by atoms with Crippen LogP contribution in [0.25, 0.3) is 22.2 Å². The molecule has 0 saturated heterocycles. The molecule has 96 valence electrons. The molecule has 3 aromatic rings. The summed E-state index contributed by atoms with van der Waals surface area (Å²) in [5, 5.41) is 14.3. The Morgan fingerprint density at radius 1 is 1.05 bits per heavy atom. The number of nitrogens with zero attached hydrogens (tertiary/aromatic N) is 4. The predicted molar refractivity (Wildman–Crippen MR) is 74.4 cm³/mol. The highest BCUT2D eigenvalue weighted by Crippen LogP contribution is 2.26. The van der Waals surface area contributed by atoms with Crippen molar-refractivity contribution in [1.29, 1.82) is 0 Å². The first-order valence-electron chi connectivity index (χ1n) is 6.34. The van der Waals surface area contributed by atoms with Crippen LogP contribution in [-0.4, -0.2) is 26.8 Å². The summed E-state index contributed by atoms with van der Waals surface area (Å²) < 4.78 is 1.81. The number of hydrogen-bond acceptors (Lipinski definition) is 4. The third-order valence-corrected chi connectivity index (χ3v) is 3.14. The molecule has 0 aliphatic carbocycles. The molecule has 0 atom stereocenters. The molecule has 1 aromatic heterocycles. The van der Waals surface area contributed by atoms with Crippen molar-refractivity contribution in [2.75, 3.05) is 6.54 Å². The second-order valence-corrected chi connectivity index (χ2v) is 4.39. The first-order valence-corrected chi connectivity index (χ1v) is 6.34. The van der Waals surface area contributed by atoms with Crippen molar-refractivity contribution in [2.24, 2.45) is 5.73 Å². The minimum atomic E-state index is 0.634. The Labute approximate surface area is 111 Å². The Bertz CT molecular complexity index is 684. The zero-order valence-electron chi connectivity index (χ0n) is 10.5. The summed E-state index contributed by atoms with van der Waals surface area (Å²) in [6.45, 7) is 1.37. The van der Waals surface area contributed by atoms with Crippen molar-refractivity contribution in [2.45, 2.75) is 13.0 Å². The highest BCUT2D eigenvalue weighted by Gasteiger charge is 2.11. The van der Waals surface area contributed by atoms with Gasteiger partial charge in [0.25, 0.3) is 0 Å². The summed E-state index contributed by atoms with van der Waals surface area (Å²) in [6, 6.07) is 14.4. The van der Waals surface area contributed by atoms with Crippen LogP contribution >= 0.6 is 0 Å². The summed E-state index contributed by atoms with van der Waals surface area (Å²) >= 11 is 0. The molecule has 5 heteroatoms. The summed E-state index contributed by atoms with van der Waals surface area (Å²) in [4.78, 5) is 0. The molecule has 2 aromatic carbocycles. The summed E-state index contributed by atoms with van der Waals surface area (Å²) in [5.41, 5.74) is 6.60. The standard InChI is InChI=1S/C14H15N5/c15-9-4-10-19-14(16-17-18-19)13-8-3-6-11-5-1-2-7-12(11)13/h1-3,5-8H,4,9-10,15H2. The second kappa shape index (κ2) is 5.16. The van der Waals surface area contributed by atoms with Crippen molar-refractivity contribution in [3.63, 3.8) is 0 Å². The lowest BCUT2D eigenvalue weighted by Gasteiger charge is -2.07. The van der Waals surface area contributed by atoms with E-state index in [1.807, 2.05) is 28.9 Å². The smallest absolute Gasteiger partial charge is 0.182 e. The lowest BCUT2D eigenvalue weighted by atomic mass is 10.0. The average molecular weight is 253 g/mol. The predicted octanol–water partition coefficient (Wildman–Crippen LogP) is 1.84. The van der Waals surface area contributed by atoms with Gasteiger partial charge in [-0.1, -0.05) is 42.5 Å². The van der Waals surface area contributed by atoms with Crippen LogP contribution in [0.1, 0.15) is 6.42 Å². The molecule has 3 rings (SSSR count). The molecule has 0 fully saturated rings. The summed E-state index contributed by atoms with van der Waals surface area (Å²) in [6.07, 6.45) is 0.864. The van der Waals surface area contributed by atoms with Crippen LogP contribution in [0, 0.1) is 0 Å². The molecule has 5 nitrogen and oxygen atoms in total. The van der Waals surface area contributed by atoms with Gasteiger partial charge in [-0.05, 0) is 34.2 Å². The SMILES string of the molecule is NCCCn1nnnc1-c1cccc2ccccc12. The van der Waals surface area contributed by atoms with Crippen LogP contribution in [0.4, 0.5) is 0 Å². The summed E-state index contributed by atoms with van der Waals surface area (Å²) in [5.74, 6) is 0.797. The van der Waals surface area contributed by atoms with Gasteiger partial charge in [0.05, 0.1) is 0 Å². The van der Waals surface area contributed by atoms with Crippen LogP contribution in [0.3, 0.4) is 0 Å². The van der Waals surface area contributed by atoms with E-state index in [4.69, 9.17) is 5.73 Å². The molecule has 0 bridgehead atoms. The molecular formula is C14H15N5. The fourth-order valence-electron chi connectivity index (χ4n) is 2.21. The molecule has 0 amide bonds. The Morgan fingerprint density at radius 3 is 2.79 bits per heavy atom. The van der Waals surface area contributed by atoms with Crippen LogP contribution in [-0.2, 0) is 6.54 Å². The second-order valence-electron chi connectivity index (χ2n) is 4.39. The Morgan fingerprint density at radius 2 is 1.89 bits per heavy atom. The van der Waals surface area contributed by atoms with Crippen LogP contribution in [0.2, 0.25) is 0 Å². The first kappa shape index (κ1) is 11.8. The molecule has 2 N–H and O–H groups in total. The van der Waals surface area contributed by atoms with Crippen LogP contribution in [0.15, 0.2) is 42.5 Å². The van der Waals surface area contributed by atoms with E-state index < -0.39 is 0 Å². The number of rotatable bonds is 4. The van der Waals surface area contributed by atoms with Gasteiger partial charge in [-0.15, -0.1) is 5.10 Å². The van der Waals surface area contributed by atoms with E-state index in [0.717, 1.165) is 29.7 Å². The number of hydrogen-bond donors (Lipinski definition) is 1. The Hall–Kier alpha value is -2.27. The lowest BCUT2D eigenvalue weighted by molar-refractivity contribution is 0.569. The Kier molecular flexibility index (Phi) is 3.20. The number of tetrazole rings is 1. The highest BCUT2D eigenvalue weighted by atomic mass is 15.5. The molecule has 0 unspecified atom stereocenters. The maximum atomic E-state index is 5.54. The molecule has 0 radical (unpaired) electrons. The number of aryl methyl sites for hydroxylation is 1. The van der Waals surface area contributed by atoms with E-state index >= 15 is 0 Å². The minimum absolute atomic E-state index is 0.634. The number of nitrogens with two attached hydrogens (primary N) is 1. The van der Waals surface area contributed by atoms with Gasteiger partial charge in [-0.3, -0.25) is 0 Å². The third-order valence-electron chi connectivity index (χ3n) is 3.14. The highest BCUT2D eigenvalue weighted by molar-refractivity contribution is 5.94. The Balaban J connectivity index is 2.12. The maximum Gasteiger partial charge on any atom is 0.182 e. The van der Waals surface area contributed by atoms with E-state index in [0.29, 0.717) is 6.54 Å². The van der Waals surface area contributed by atoms with Crippen LogP contribution in [0.5, 0.6) is 0 Å². The van der Waals surface area contributed by atoms with Crippen molar-refractivity contribution in [1.82, 2.24) is 20.2 Å². The van der Waals surface area contributed by atoms with Gasteiger partial charge in [0, 0.05) is 12.1 Å². The van der Waals surface area contributed by atoms with E-state index in [-0.39, 0.29) is 0 Å². The van der Waals surface area contributed by atoms with Gasteiger partial charge < -0.3 is 5.73 Å². The van der Waals surface area contributed by atoms with E-state index in [2.05, 4.69) is 33.7 Å². The number of aromatic nitrogens is 4. The van der Waals surface area contributed by atoms with Crippen molar-refractivity contribution in [3.05, 3.63) is 42.5 Å². The van der Waals surface area contributed by atoms with Gasteiger partial charge in [-0.25, -0.2) is 4.68 Å². The lowest BCUT2D eigenvalue weighted by Crippen LogP contribution is -2.08. The van der Waals surface area contributed by atoms with Gasteiger partial charge in [0.2, 0.25) is 0 Å². The van der Waals surface area contributed by atoms with E-state index in [1.165, 1.54) is 5.39 Å². The van der Waals surface area contributed by atoms with E-state index in [1.54, 1.807) is 0 Å². The third kappa shape index (κ3) is 2.20. The molecule has 19 heavy (non-hydrogen) atoms. The molecule has 0 spiro atoms. The van der Waals surface area contributed by atoms with E-state index in [9.17, 15) is 0 Å². The van der Waals surface area contributed by atoms with Crippen molar-refractivity contribution in [3.8, 4) is 11.4 Å². The number of fused-ring (bicyclic) bond motifs is 1. The fourth-order valence-corrected chi connectivity index (χ4v) is 2.21. The van der Waals surface area contributed by atoms with Gasteiger partial charge >= 0.3 is 0 Å². The average Bonchev–Trinajstić information content (AvgIpc) is 2.92. The zero-order chi connectivity index (χ0) is 13.1. The maximum absolute atomic E-state index is 5.54. The largest absolute Gasteiger partial charge is 0.330 e. The topological polar surface area (TPSA) is 69.6 Å². The number of benzene rings is 2. The van der Waals surface area contributed by atoms with Crippen LogP contribution < -0.4 is 5.73 Å². The molecule has 0 aliphatic rings. The molecule has 0 saturated carbocycles. The summed E-state index contributed by atoms with van der Waals surface area (Å²) in [7, 11) is 0. The fraction of sp³-hybridized carbons (Fsp3) is 0.214. The van der Waals surface area contributed by atoms with Gasteiger partial charge in [-0.2, -0.15) is 0 Å². The van der Waals surface area contributed by atoms with Gasteiger partial charge in [0.15, 0.2) is 5.82 Å². The van der Waals surface area contributed by atoms with Crippen molar-refractivity contribution >= 4 is 10.8 Å². The molecule has 1 heterocycles. The molecular weight excluding hydrogens is 238 g/mol. The van der Waals surface area contributed by atoms with Gasteiger partial charge in [0.1, 0.15) is 0 Å². The van der Waals surface area contributed by atoms with Crippen molar-refractivity contribution < 1.29 is 0 Å². The monoisotopic (exact) mass is 253 g/mol. The zero-order valence-corrected chi connectivity index (χ0v) is 10.5. The normalized spacial score (nSPS) is 11.0. The minimum Gasteiger partial charge on any atom is -0.330 e. The molecule has 0 aliphatic heterocycles. The first-order chi connectivity index (χ1) is 9.40. The quantitative estimate of drug-likeness (QED) is 0.770.